The number of hydrogen-bond acceptors (Lipinski definition) is 8. The summed E-state index contributed by atoms with van der Waals surface area (Å²) in [4.78, 5) is 20.4. The molecule has 200 valence electrons. The lowest BCUT2D eigenvalue weighted by molar-refractivity contribution is 0.262. The molecule has 0 bridgehead atoms. The van der Waals surface area contributed by atoms with Crippen LogP contribution in [0.3, 0.4) is 0 Å². The zero-order chi connectivity index (χ0) is 28.3. The van der Waals surface area contributed by atoms with Crippen molar-refractivity contribution < 1.29 is 23.0 Å². The minimum atomic E-state index is -0.815. The van der Waals surface area contributed by atoms with Crippen LogP contribution in [0.1, 0.15) is 32.0 Å². The number of nitrogens with two attached hydrogens (primary N) is 1. The fourth-order valence-electron chi connectivity index (χ4n) is 3.43. The molecule has 11 nitrogen and oxygen atoms in total. The van der Waals surface area contributed by atoms with Gasteiger partial charge in [0.1, 0.15) is 35.6 Å². The molecule has 4 N–H and O–H groups in total. The van der Waals surface area contributed by atoms with Crippen LogP contribution < -0.4 is 25.8 Å². The van der Waals surface area contributed by atoms with Crippen molar-refractivity contribution in [1.29, 1.82) is 5.26 Å². The van der Waals surface area contributed by atoms with Gasteiger partial charge in [0.05, 0.1) is 24.2 Å². The van der Waals surface area contributed by atoms with Crippen LogP contribution in [-0.2, 0) is 5.41 Å². The number of nitrogen functional groups attached to an aromatic ring is 1. The van der Waals surface area contributed by atoms with Crippen LogP contribution in [0.5, 0.6) is 17.4 Å². The molecule has 0 spiro atoms. The second-order valence-electron chi connectivity index (χ2n) is 9.27. The Kier molecular flexibility index (Phi) is 7.30. The Morgan fingerprint density at radius 3 is 2.49 bits per heavy atom. The largest absolute Gasteiger partial charge is 0.494 e. The van der Waals surface area contributed by atoms with E-state index in [1.54, 1.807) is 12.1 Å². The zero-order valence-electron chi connectivity index (χ0n) is 21.4. The topological polar surface area (TPSA) is 153 Å². The number of nitriles is 1. The van der Waals surface area contributed by atoms with Crippen molar-refractivity contribution in [2.45, 2.75) is 26.2 Å². The van der Waals surface area contributed by atoms with E-state index in [2.05, 4.69) is 25.7 Å². The first kappa shape index (κ1) is 26.8. The van der Waals surface area contributed by atoms with E-state index in [4.69, 9.17) is 15.2 Å². The molecule has 0 atom stereocenters. The number of hydrogen-bond donors (Lipinski definition) is 3. The Balaban J connectivity index is 1.55. The van der Waals surface area contributed by atoms with Gasteiger partial charge >= 0.3 is 6.03 Å². The number of ether oxygens (including phenoxy) is 2. The van der Waals surface area contributed by atoms with Crippen molar-refractivity contribution in [3.05, 3.63) is 71.7 Å². The maximum Gasteiger partial charge on any atom is 0.324 e. The number of aromatic nitrogens is 4. The number of halogens is 2. The quantitative estimate of drug-likeness (QED) is 0.307. The summed E-state index contributed by atoms with van der Waals surface area (Å²) in [6, 6.07) is 10.6. The smallest absolute Gasteiger partial charge is 0.324 e. The molecule has 39 heavy (non-hydrogen) atoms. The highest BCUT2D eigenvalue weighted by atomic mass is 19.1. The summed E-state index contributed by atoms with van der Waals surface area (Å²) in [7, 11) is 1.36. The number of nitrogens with one attached hydrogen (secondary N) is 2. The molecule has 4 aromatic rings. The number of carbonyl (C=O) groups is 1. The maximum atomic E-state index is 14.8. The predicted molar refractivity (Wildman–Crippen MR) is 139 cm³/mol. The highest BCUT2D eigenvalue weighted by Gasteiger charge is 2.22. The van der Waals surface area contributed by atoms with Crippen LogP contribution >= 0.6 is 0 Å². The van der Waals surface area contributed by atoms with Gasteiger partial charge in [0.15, 0.2) is 17.1 Å². The van der Waals surface area contributed by atoms with Crippen molar-refractivity contribution in [3.63, 3.8) is 0 Å². The molecule has 0 aliphatic heterocycles. The van der Waals surface area contributed by atoms with Crippen molar-refractivity contribution in [3.8, 4) is 29.1 Å². The second kappa shape index (κ2) is 10.6. The second-order valence-corrected chi connectivity index (χ2v) is 9.27. The van der Waals surface area contributed by atoms with Crippen LogP contribution in [0.25, 0.3) is 5.69 Å². The SMILES string of the molecule is COc1ccc(-n2nc(C(C)(C)C)cc2NC(=O)Nc2ccc(Oc3ncnc(N)c3C#N)cc2F)cc1F. The van der Waals surface area contributed by atoms with Gasteiger partial charge in [0.25, 0.3) is 0 Å². The van der Waals surface area contributed by atoms with E-state index in [1.807, 2.05) is 26.8 Å². The van der Waals surface area contributed by atoms with Gasteiger partial charge in [-0.1, -0.05) is 20.8 Å². The minimum absolute atomic E-state index is 0.0162. The normalized spacial score (nSPS) is 11.0. The van der Waals surface area contributed by atoms with Crippen LogP contribution in [0, 0.1) is 23.0 Å². The fraction of sp³-hybridized carbons (Fsp3) is 0.192. The van der Waals surface area contributed by atoms with Gasteiger partial charge in [0, 0.05) is 23.6 Å². The van der Waals surface area contributed by atoms with E-state index in [-0.39, 0.29) is 45.7 Å². The molecule has 0 saturated carbocycles. The minimum Gasteiger partial charge on any atom is -0.494 e. The molecule has 0 unspecified atom stereocenters. The van der Waals surface area contributed by atoms with E-state index in [9.17, 15) is 18.8 Å². The van der Waals surface area contributed by atoms with Crippen LogP contribution in [0.2, 0.25) is 0 Å². The van der Waals surface area contributed by atoms with E-state index in [0.29, 0.717) is 11.4 Å². The molecular weight excluding hydrogens is 510 g/mol. The molecule has 4 rings (SSSR count). The molecule has 0 radical (unpaired) electrons. The standard InChI is InChI=1S/C26H24F2N8O3/c1-26(2,3)21-11-22(36(35-21)14-5-8-20(38-4)18(28)9-14)34-25(37)33-19-7-6-15(10-17(19)27)39-24-16(12-29)23(30)31-13-32-24/h5-11,13H,1-4H3,(H2,30,31,32)(H2,33,34,37). The fourth-order valence-corrected chi connectivity index (χ4v) is 3.43. The summed E-state index contributed by atoms with van der Waals surface area (Å²) < 4.78 is 41.0. The van der Waals surface area contributed by atoms with Crippen molar-refractivity contribution >= 4 is 23.4 Å². The Bertz CT molecular complexity index is 1590. The lowest BCUT2D eigenvalue weighted by atomic mass is 9.92. The number of urea groups is 1. The van der Waals surface area contributed by atoms with Gasteiger partial charge in [-0.2, -0.15) is 10.4 Å². The molecular formula is C26H24F2N8O3. The monoisotopic (exact) mass is 534 g/mol. The summed E-state index contributed by atoms with van der Waals surface area (Å²) in [5.41, 5.74) is 5.98. The first-order valence-electron chi connectivity index (χ1n) is 11.5. The van der Waals surface area contributed by atoms with Crippen molar-refractivity contribution in [2.75, 3.05) is 23.5 Å². The summed E-state index contributed by atoms with van der Waals surface area (Å²) in [6.07, 6.45) is 1.11. The van der Waals surface area contributed by atoms with Gasteiger partial charge < -0.3 is 20.5 Å². The molecule has 2 amide bonds. The Morgan fingerprint density at radius 2 is 1.85 bits per heavy atom. The summed E-state index contributed by atoms with van der Waals surface area (Å²) in [6.45, 7) is 5.81. The zero-order valence-corrected chi connectivity index (χ0v) is 21.4. The summed E-state index contributed by atoms with van der Waals surface area (Å²) in [5.74, 6) is -1.33. The number of nitrogens with zero attached hydrogens (tertiary/aromatic N) is 5. The van der Waals surface area contributed by atoms with Gasteiger partial charge in [-0.25, -0.2) is 28.2 Å². The maximum absolute atomic E-state index is 14.8. The lowest BCUT2D eigenvalue weighted by Gasteiger charge is -2.14. The average Bonchev–Trinajstić information content (AvgIpc) is 3.30. The third-order valence-electron chi connectivity index (χ3n) is 5.46. The van der Waals surface area contributed by atoms with Crippen LogP contribution in [0.4, 0.5) is 30.9 Å². The molecule has 0 saturated heterocycles. The predicted octanol–water partition coefficient (Wildman–Crippen LogP) is 5.14. The van der Waals surface area contributed by atoms with E-state index in [0.717, 1.165) is 12.4 Å². The Hall–Kier alpha value is -5.25. The van der Waals surface area contributed by atoms with Crippen LogP contribution in [-0.4, -0.2) is 32.9 Å². The van der Waals surface area contributed by atoms with Gasteiger partial charge in [-0.05, 0) is 24.3 Å². The van der Waals surface area contributed by atoms with E-state index < -0.39 is 17.7 Å². The van der Waals surface area contributed by atoms with Gasteiger partial charge in [-0.3, -0.25) is 5.32 Å². The summed E-state index contributed by atoms with van der Waals surface area (Å²) >= 11 is 0. The molecule has 0 fully saturated rings. The average molecular weight is 535 g/mol. The summed E-state index contributed by atoms with van der Waals surface area (Å²) in [5, 5.41) is 18.8. The molecule has 2 aromatic carbocycles. The Morgan fingerprint density at radius 1 is 1.08 bits per heavy atom. The van der Waals surface area contributed by atoms with Crippen molar-refractivity contribution in [1.82, 2.24) is 19.7 Å². The molecule has 2 aromatic heterocycles. The number of methoxy groups -OCH3 is 1. The van der Waals surface area contributed by atoms with E-state index >= 15 is 0 Å². The number of amides is 2. The van der Waals surface area contributed by atoms with Gasteiger partial charge in [0.2, 0.25) is 5.88 Å². The number of benzene rings is 2. The number of rotatable bonds is 6. The molecule has 0 aliphatic carbocycles. The molecule has 2 heterocycles. The van der Waals surface area contributed by atoms with Gasteiger partial charge in [-0.15, -0.1) is 0 Å². The number of carbonyl (C=O) groups excluding carboxylic acids is 1. The van der Waals surface area contributed by atoms with Crippen molar-refractivity contribution in [2.24, 2.45) is 0 Å². The first-order chi connectivity index (χ1) is 18.5. The highest BCUT2D eigenvalue weighted by Crippen LogP contribution is 2.30. The van der Waals surface area contributed by atoms with Crippen LogP contribution in [0.15, 0.2) is 48.8 Å². The molecule has 0 aliphatic rings. The number of anilines is 3. The third kappa shape index (κ3) is 5.85. The first-order valence-corrected chi connectivity index (χ1v) is 11.5. The molecule has 13 heteroatoms. The van der Waals surface area contributed by atoms with E-state index in [1.165, 1.54) is 36.1 Å². The Labute approximate surface area is 222 Å². The third-order valence-corrected chi connectivity index (χ3v) is 5.46. The highest BCUT2D eigenvalue weighted by molar-refractivity contribution is 5.99. The lowest BCUT2D eigenvalue weighted by Crippen LogP contribution is -2.22.